The smallest absolute Gasteiger partial charge is 0.387 e. The van der Waals surface area contributed by atoms with Crippen LogP contribution in [-0.4, -0.2) is 18.1 Å². The molecule has 0 atom stereocenters. The van der Waals surface area contributed by atoms with Crippen molar-refractivity contribution < 1.29 is 13.5 Å². The number of thiazole rings is 1. The van der Waals surface area contributed by atoms with E-state index in [0.29, 0.717) is 0 Å². The highest BCUT2D eigenvalue weighted by Crippen LogP contribution is 2.24. The maximum absolute atomic E-state index is 12.1. The van der Waals surface area contributed by atoms with Gasteiger partial charge in [0.05, 0.1) is 5.69 Å². The first kappa shape index (κ1) is 14.9. The van der Waals surface area contributed by atoms with Gasteiger partial charge in [0.15, 0.2) is 0 Å². The average molecular weight is 298 g/mol. The predicted molar refractivity (Wildman–Crippen MR) is 76.2 cm³/mol. The summed E-state index contributed by atoms with van der Waals surface area (Å²) in [6.07, 6.45) is 1.09. The van der Waals surface area contributed by atoms with E-state index in [4.69, 9.17) is 0 Å². The number of ether oxygens (including phenoxy) is 1. The molecule has 108 valence electrons. The van der Waals surface area contributed by atoms with Crippen molar-refractivity contribution in [1.29, 1.82) is 0 Å². The van der Waals surface area contributed by atoms with Gasteiger partial charge < -0.3 is 10.1 Å². The Labute approximate surface area is 120 Å². The second-order valence-electron chi connectivity index (χ2n) is 4.21. The minimum Gasteiger partial charge on any atom is -0.435 e. The molecule has 0 spiro atoms. The average Bonchev–Trinajstić information content (AvgIpc) is 2.88. The first-order valence-electron chi connectivity index (χ1n) is 6.39. The third-order valence-electron chi connectivity index (χ3n) is 2.63. The quantitative estimate of drug-likeness (QED) is 0.787. The fourth-order valence-corrected chi connectivity index (χ4v) is 2.48. The van der Waals surface area contributed by atoms with Crippen LogP contribution in [0.5, 0.6) is 5.75 Å². The van der Waals surface area contributed by atoms with E-state index in [1.165, 1.54) is 12.1 Å². The van der Waals surface area contributed by atoms with E-state index < -0.39 is 6.61 Å². The molecule has 1 heterocycles. The normalized spacial score (nSPS) is 11.0. The van der Waals surface area contributed by atoms with Gasteiger partial charge in [-0.25, -0.2) is 4.98 Å². The number of hydrogen-bond acceptors (Lipinski definition) is 4. The van der Waals surface area contributed by atoms with Crippen LogP contribution >= 0.6 is 11.3 Å². The molecule has 1 aromatic carbocycles. The Kier molecular flexibility index (Phi) is 5.43. The van der Waals surface area contributed by atoms with Gasteiger partial charge in [-0.2, -0.15) is 8.78 Å². The van der Waals surface area contributed by atoms with Crippen LogP contribution in [0.1, 0.15) is 18.4 Å². The van der Waals surface area contributed by atoms with E-state index in [-0.39, 0.29) is 5.75 Å². The van der Waals surface area contributed by atoms with E-state index in [0.717, 1.165) is 35.8 Å². The fraction of sp³-hybridized carbons (Fsp3) is 0.357. The number of hydrogen-bond donors (Lipinski definition) is 1. The van der Waals surface area contributed by atoms with E-state index >= 15 is 0 Å². The lowest BCUT2D eigenvalue weighted by Crippen LogP contribution is -2.13. The summed E-state index contributed by atoms with van der Waals surface area (Å²) in [6.45, 7) is 1.04. The molecule has 0 unspecified atom stereocenters. The Hall–Kier alpha value is -1.53. The molecule has 6 heteroatoms. The number of halogens is 2. The molecule has 1 aromatic heterocycles. The highest BCUT2D eigenvalue weighted by atomic mass is 32.1. The van der Waals surface area contributed by atoms with Crippen LogP contribution in [0.3, 0.4) is 0 Å². The maximum atomic E-state index is 12.1. The van der Waals surface area contributed by atoms with E-state index in [2.05, 4.69) is 22.0 Å². The Bertz CT molecular complexity index is 528. The van der Waals surface area contributed by atoms with Crippen molar-refractivity contribution >= 4 is 11.3 Å². The minimum atomic E-state index is -2.80. The molecular weight excluding hydrogens is 282 g/mol. The summed E-state index contributed by atoms with van der Waals surface area (Å²) in [5.41, 5.74) is 1.75. The molecule has 3 nitrogen and oxygen atoms in total. The van der Waals surface area contributed by atoms with Crippen LogP contribution < -0.4 is 10.1 Å². The predicted octanol–water partition coefficient (Wildman–Crippen LogP) is 3.91. The zero-order valence-corrected chi connectivity index (χ0v) is 11.9. The molecule has 2 aromatic rings. The van der Waals surface area contributed by atoms with Gasteiger partial charge in [-0.15, -0.1) is 11.3 Å². The van der Waals surface area contributed by atoms with Gasteiger partial charge in [-0.05, 0) is 37.2 Å². The van der Waals surface area contributed by atoms with Crippen LogP contribution in [0.2, 0.25) is 0 Å². The zero-order chi connectivity index (χ0) is 14.4. The van der Waals surface area contributed by atoms with E-state index in [9.17, 15) is 8.78 Å². The topological polar surface area (TPSA) is 34.2 Å². The van der Waals surface area contributed by atoms with Gasteiger partial charge in [0.1, 0.15) is 10.8 Å². The molecule has 0 aliphatic carbocycles. The minimum absolute atomic E-state index is 0.156. The fourth-order valence-electron chi connectivity index (χ4n) is 1.70. The molecule has 0 saturated heterocycles. The van der Waals surface area contributed by atoms with Crippen molar-refractivity contribution in [2.75, 3.05) is 6.54 Å². The Morgan fingerprint density at radius 2 is 2.05 bits per heavy atom. The second-order valence-corrected chi connectivity index (χ2v) is 5.15. The highest BCUT2D eigenvalue weighted by molar-refractivity contribution is 7.09. The van der Waals surface area contributed by atoms with Crippen molar-refractivity contribution in [2.45, 2.75) is 26.5 Å². The van der Waals surface area contributed by atoms with Gasteiger partial charge in [0.2, 0.25) is 0 Å². The lowest BCUT2D eigenvalue weighted by Gasteiger charge is -2.04. The van der Waals surface area contributed by atoms with Crippen LogP contribution in [0.4, 0.5) is 8.78 Å². The van der Waals surface area contributed by atoms with E-state index in [1.807, 2.05) is 5.38 Å². The third kappa shape index (κ3) is 4.25. The number of alkyl halides is 2. The summed E-state index contributed by atoms with van der Waals surface area (Å²) in [4.78, 5) is 4.51. The Morgan fingerprint density at radius 3 is 2.70 bits per heavy atom. The summed E-state index contributed by atoms with van der Waals surface area (Å²) in [6, 6.07) is 6.51. The van der Waals surface area contributed by atoms with Crippen molar-refractivity contribution in [3.05, 3.63) is 34.7 Å². The first-order chi connectivity index (χ1) is 9.69. The molecule has 20 heavy (non-hydrogen) atoms. The molecule has 0 aliphatic heterocycles. The Balaban J connectivity index is 2.00. The molecule has 0 fully saturated rings. The Morgan fingerprint density at radius 1 is 1.30 bits per heavy atom. The van der Waals surface area contributed by atoms with E-state index in [1.54, 1.807) is 23.5 Å². The van der Waals surface area contributed by atoms with Crippen LogP contribution in [0.25, 0.3) is 11.3 Å². The summed E-state index contributed by atoms with van der Waals surface area (Å²) in [7, 11) is 0. The number of benzene rings is 1. The first-order valence-corrected chi connectivity index (χ1v) is 7.27. The standard InChI is InChI=1S/C14H16F2N2OS/c1-2-7-17-8-13-18-12(9-20-13)10-3-5-11(6-4-10)19-14(15)16/h3-6,9,14,17H,2,7-8H2,1H3. The van der Waals surface area contributed by atoms with Crippen LogP contribution in [0.15, 0.2) is 29.6 Å². The molecule has 0 amide bonds. The van der Waals surface area contributed by atoms with Gasteiger partial charge >= 0.3 is 6.61 Å². The molecule has 2 rings (SSSR count). The number of nitrogens with one attached hydrogen (secondary N) is 1. The van der Waals surface area contributed by atoms with Crippen LogP contribution in [-0.2, 0) is 6.54 Å². The highest BCUT2D eigenvalue weighted by Gasteiger charge is 2.07. The number of nitrogens with zero attached hydrogens (tertiary/aromatic N) is 1. The largest absolute Gasteiger partial charge is 0.435 e. The van der Waals surface area contributed by atoms with Crippen molar-refractivity contribution in [3.63, 3.8) is 0 Å². The number of rotatable bonds is 7. The van der Waals surface area contributed by atoms with Gasteiger partial charge in [0.25, 0.3) is 0 Å². The third-order valence-corrected chi connectivity index (χ3v) is 3.48. The van der Waals surface area contributed by atoms with Crippen molar-refractivity contribution in [1.82, 2.24) is 10.3 Å². The molecule has 0 saturated carbocycles. The molecule has 0 radical (unpaired) electrons. The molecule has 0 bridgehead atoms. The zero-order valence-electron chi connectivity index (χ0n) is 11.1. The molecular formula is C14H16F2N2OS. The molecule has 1 N–H and O–H groups in total. The maximum Gasteiger partial charge on any atom is 0.387 e. The summed E-state index contributed by atoms with van der Waals surface area (Å²) in [5, 5.41) is 6.27. The summed E-state index contributed by atoms with van der Waals surface area (Å²) in [5.74, 6) is 0.156. The van der Waals surface area contributed by atoms with Gasteiger partial charge in [0, 0.05) is 17.5 Å². The summed E-state index contributed by atoms with van der Waals surface area (Å²) < 4.78 is 28.4. The van der Waals surface area contributed by atoms with Crippen molar-refractivity contribution in [2.24, 2.45) is 0 Å². The summed E-state index contributed by atoms with van der Waals surface area (Å²) >= 11 is 1.58. The van der Waals surface area contributed by atoms with Crippen LogP contribution in [0, 0.1) is 0 Å². The molecule has 0 aliphatic rings. The monoisotopic (exact) mass is 298 g/mol. The van der Waals surface area contributed by atoms with Gasteiger partial charge in [-0.1, -0.05) is 6.92 Å². The van der Waals surface area contributed by atoms with Crippen molar-refractivity contribution in [3.8, 4) is 17.0 Å². The second kappa shape index (κ2) is 7.31. The lowest BCUT2D eigenvalue weighted by molar-refractivity contribution is -0.0498. The van der Waals surface area contributed by atoms with Gasteiger partial charge in [-0.3, -0.25) is 0 Å². The number of aromatic nitrogens is 1. The lowest BCUT2D eigenvalue weighted by atomic mass is 10.2. The SMILES string of the molecule is CCCNCc1nc(-c2ccc(OC(F)F)cc2)cs1.